The molecule has 8 rings (SSSR count). The van der Waals surface area contributed by atoms with Gasteiger partial charge in [-0.15, -0.1) is 0 Å². The molecule has 8 aromatic heterocycles. The van der Waals surface area contributed by atoms with Crippen molar-refractivity contribution in [3.05, 3.63) is 156 Å². The summed E-state index contributed by atoms with van der Waals surface area (Å²) in [7, 11) is 0. The molecule has 49 heavy (non-hydrogen) atoms. The number of fused-ring (bicyclic) bond motifs is 4. The Labute approximate surface area is 280 Å². The van der Waals surface area contributed by atoms with Crippen LogP contribution in [0, 0.1) is 0 Å². The van der Waals surface area contributed by atoms with Crippen molar-refractivity contribution in [2.75, 3.05) is 6.61 Å². The molecule has 0 radical (unpaired) electrons. The van der Waals surface area contributed by atoms with Crippen LogP contribution in [0.3, 0.4) is 0 Å². The number of carbonyl (C=O) groups excluding carboxylic acids is 1. The van der Waals surface area contributed by atoms with Gasteiger partial charge in [-0.25, -0.2) is 24.7 Å². The number of nitrogens with two attached hydrogens (primary N) is 1. The molecular formula is C34H34N12O3. The maximum absolute atomic E-state index is 11.4. The fraction of sp³-hybridized carbons (Fsp3) is 0.147. The molecule has 15 nitrogen and oxygen atoms in total. The van der Waals surface area contributed by atoms with Gasteiger partial charge in [0.1, 0.15) is 22.6 Å². The van der Waals surface area contributed by atoms with Crippen LogP contribution in [0.1, 0.15) is 34.0 Å². The molecule has 0 saturated heterocycles. The lowest BCUT2D eigenvalue weighted by Crippen LogP contribution is -2.04. The molecule has 0 bridgehead atoms. The van der Waals surface area contributed by atoms with Crippen molar-refractivity contribution in [2.24, 2.45) is 10.8 Å². The lowest BCUT2D eigenvalue weighted by molar-refractivity contribution is 0.0526. The Morgan fingerprint density at radius 1 is 0.735 bits per heavy atom. The average Bonchev–Trinajstić information content (AvgIpc) is 3.97. The Morgan fingerprint density at radius 3 is 1.67 bits per heavy atom. The second-order valence-electron chi connectivity index (χ2n) is 10.3. The highest BCUT2D eigenvalue weighted by atomic mass is 16.5. The van der Waals surface area contributed by atoms with Crippen LogP contribution >= 0.6 is 0 Å². The van der Waals surface area contributed by atoms with E-state index in [9.17, 15) is 4.79 Å². The third-order valence-electron chi connectivity index (χ3n) is 7.03. The van der Waals surface area contributed by atoms with Gasteiger partial charge in [0.15, 0.2) is 0 Å². The van der Waals surface area contributed by atoms with Crippen molar-refractivity contribution in [2.45, 2.75) is 26.6 Å². The molecule has 248 valence electrons. The number of pyridine rings is 4. The van der Waals surface area contributed by atoms with Gasteiger partial charge in [0.05, 0.1) is 25.3 Å². The zero-order chi connectivity index (χ0) is 34.4. The van der Waals surface area contributed by atoms with Gasteiger partial charge in [-0.1, -0.05) is 5.11 Å². The molecule has 0 aromatic carbocycles. The van der Waals surface area contributed by atoms with Crippen molar-refractivity contribution >= 4 is 28.6 Å². The number of hydrogen-bond donors (Lipinski definition) is 2. The van der Waals surface area contributed by atoms with Crippen molar-refractivity contribution in [3.8, 4) is 0 Å². The summed E-state index contributed by atoms with van der Waals surface area (Å²) >= 11 is 0. The summed E-state index contributed by atoms with van der Waals surface area (Å²) in [4.78, 5) is 30.5. The van der Waals surface area contributed by atoms with Gasteiger partial charge in [-0.2, -0.15) is 0 Å². The summed E-state index contributed by atoms with van der Waals surface area (Å²) in [5, 5.41) is 12.3. The van der Waals surface area contributed by atoms with Crippen LogP contribution in [-0.2, 0) is 24.4 Å². The van der Waals surface area contributed by atoms with Crippen LogP contribution in [0.25, 0.3) is 33.0 Å². The second kappa shape index (κ2) is 16.9. The normalized spacial score (nSPS) is 10.3. The highest BCUT2D eigenvalue weighted by Crippen LogP contribution is 2.08. The maximum atomic E-state index is 11.4. The molecule has 0 atom stereocenters. The number of ether oxygens (including phenoxy) is 1. The first-order chi connectivity index (χ1) is 24.0. The topological polar surface area (TPSA) is 191 Å². The molecule has 0 saturated carbocycles. The number of imidazole rings is 4. The first-order valence-corrected chi connectivity index (χ1v) is 15.2. The predicted octanol–water partition coefficient (Wildman–Crippen LogP) is 5.28. The number of azide groups is 1. The molecule has 15 heteroatoms. The first kappa shape index (κ1) is 33.8. The van der Waals surface area contributed by atoms with Gasteiger partial charge in [0.25, 0.3) is 0 Å². The summed E-state index contributed by atoms with van der Waals surface area (Å²) in [5.41, 5.74) is 20.6. The van der Waals surface area contributed by atoms with Crippen LogP contribution in [-0.4, -0.2) is 55.2 Å². The number of nitrogens with zero attached hydrogens (tertiary/aromatic N) is 11. The van der Waals surface area contributed by atoms with Crippen LogP contribution in [0.5, 0.6) is 0 Å². The van der Waals surface area contributed by atoms with Gasteiger partial charge in [0, 0.05) is 85.8 Å². The molecule has 8 aromatic rings. The third-order valence-corrected chi connectivity index (χ3v) is 7.03. The molecule has 0 aliphatic carbocycles. The van der Waals surface area contributed by atoms with E-state index < -0.39 is 0 Å². The van der Waals surface area contributed by atoms with E-state index in [1.54, 1.807) is 50.0 Å². The summed E-state index contributed by atoms with van der Waals surface area (Å²) in [6, 6.07) is 14.9. The average molecular weight is 659 g/mol. The number of esters is 1. The monoisotopic (exact) mass is 658 g/mol. The molecule has 0 aliphatic rings. The molecule has 0 amide bonds. The van der Waals surface area contributed by atoms with E-state index >= 15 is 0 Å². The van der Waals surface area contributed by atoms with E-state index in [0.29, 0.717) is 25.3 Å². The fourth-order valence-electron chi connectivity index (χ4n) is 4.55. The summed E-state index contributed by atoms with van der Waals surface area (Å²) < 4.78 is 12.5. The van der Waals surface area contributed by atoms with Crippen LogP contribution < -0.4 is 5.73 Å². The van der Waals surface area contributed by atoms with Crippen molar-refractivity contribution in [1.29, 1.82) is 0 Å². The molecule has 0 spiro atoms. The summed E-state index contributed by atoms with van der Waals surface area (Å²) in [5.74, 6) is -0.307. The number of carbonyl (C=O) groups is 1. The Morgan fingerprint density at radius 2 is 1.18 bits per heavy atom. The second-order valence-corrected chi connectivity index (χ2v) is 10.3. The van der Waals surface area contributed by atoms with E-state index in [2.05, 4.69) is 30.0 Å². The molecule has 0 unspecified atom stereocenters. The first-order valence-electron chi connectivity index (χ1n) is 15.2. The lowest BCUT2D eigenvalue weighted by Gasteiger charge is -2.01. The summed E-state index contributed by atoms with van der Waals surface area (Å²) in [6.07, 6.45) is 21.9. The van der Waals surface area contributed by atoms with Gasteiger partial charge in [-0.05, 0) is 77.7 Å². The van der Waals surface area contributed by atoms with E-state index in [4.69, 9.17) is 21.1 Å². The maximum Gasteiger partial charge on any atom is 0.338 e. The number of rotatable bonds is 6. The van der Waals surface area contributed by atoms with Crippen LogP contribution in [0.15, 0.2) is 128 Å². The minimum Gasteiger partial charge on any atom is -0.462 e. The quantitative estimate of drug-likeness (QED) is 0.104. The lowest BCUT2D eigenvalue weighted by atomic mass is 10.3. The minimum atomic E-state index is -0.307. The van der Waals surface area contributed by atoms with E-state index in [0.717, 1.165) is 39.3 Å². The smallest absolute Gasteiger partial charge is 0.338 e. The molecule has 8 heterocycles. The van der Waals surface area contributed by atoms with Crippen molar-refractivity contribution < 1.29 is 14.6 Å². The number of aliphatic hydroxyl groups excluding tert-OH is 1. The molecule has 0 aliphatic heterocycles. The van der Waals surface area contributed by atoms with Gasteiger partial charge < -0.3 is 33.2 Å². The largest absolute Gasteiger partial charge is 0.462 e. The Hall–Kier alpha value is -6.54. The molecular weight excluding hydrogens is 624 g/mol. The van der Waals surface area contributed by atoms with E-state index in [1.165, 1.54) is 0 Å². The Balaban J connectivity index is 0.000000128. The highest BCUT2D eigenvalue weighted by molar-refractivity contribution is 5.90. The van der Waals surface area contributed by atoms with Crippen LogP contribution in [0.4, 0.5) is 0 Å². The third kappa shape index (κ3) is 9.05. The zero-order valence-corrected chi connectivity index (χ0v) is 26.6. The number of aromatic nitrogens is 8. The predicted molar refractivity (Wildman–Crippen MR) is 183 cm³/mol. The zero-order valence-electron chi connectivity index (χ0n) is 26.6. The molecule has 0 fully saturated rings. The van der Waals surface area contributed by atoms with Crippen LogP contribution in [0.2, 0.25) is 0 Å². The number of hydrogen-bond acceptors (Lipinski definition) is 9. The summed E-state index contributed by atoms with van der Waals surface area (Å²) in [6.45, 7) is 3.19. The SMILES string of the molecule is CCOC(=O)c1ccn2ccnc2c1.NCc1ccn2ccnc2c1.OCc1ccn2ccnc2c1.[N-]=[N+]=NCc1ccn2ccnc2c1. The van der Waals surface area contributed by atoms with Gasteiger partial charge in [0.2, 0.25) is 0 Å². The van der Waals surface area contributed by atoms with Gasteiger partial charge in [-0.3, -0.25) is 0 Å². The molecule has 3 N–H and O–H groups in total. The fourth-order valence-corrected chi connectivity index (χ4v) is 4.55. The van der Waals surface area contributed by atoms with Crippen molar-refractivity contribution in [1.82, 2.24) is 37.5 Å². The Bertz CT molecular complexity index is 2240. The van der Waals surface area contributed by atoms with Crippen molar-refractivity contribution in [3.63, 3.8) is 0 Å². The highest BCUT2D eigenvalue weighted by Gasteiger charge is 2.06. The minimum absolute atomic E-state index is 0.0728. The van der Waals surface area contributed by atoms with E-state index in [-0.39, 0.29) is 12.6 Å². The Kier molecular flexibility index (Phi) is 11.6. The standard InChI is InChI=1S/C10H10N2O2.C8H7N5.C8H9N3.C8H8N2O/c1-2-14-10(13)8-3-5-12-6-4-11-9(12)7-8;9-12-11-6-7-1-3-13-4-2-10-8(13)5-7;9-6-7-1-3-11-4-2-10-8(11)5-7;11-6-7-1-3-10-4-2-9-8(10)5-7/h3-7H,2H2,1H3;1-5H,6H2;1-5H,6,9H2;1-5,11H,6H2. The number of aliphatic hydroxyl groups is 1. The van der Waals surface area contributed by atoms with Gasteiger partial charge >= 0.3 is 5.97 Å². The van der Waals surface area contributed by atoms with E-state index in [1.807, 2.05) is 97.4 Å².